The summed E-state index contributed by atoms with van der Waals surface area (Å²) in [4.78, 5) is 11.6. The zero-order valence-electron chi connectivity index (χ0n) is 9.00. The predicted molar refractivity (Wildman–Crippen MR) is 62.0 cm³/mol. The van der Waals surface area contributed by atoms with Crippen LogP contribution < -0.4 is 10.1 Å². The summed E-state index contributed by atoms with van der Waals surface area (Å²) in [6, 6.07) is 4.83. The van der Waals surface area contributed by atoms with E-state index < -0.39 is 0 Å². The van der Waals surface area contributed by atoms with E-state index in [1.54, 1.807) is 18.2 Å². The van der Waals surface area contributed by atoms with Crippen LogP contribution in [0.15, 0.2) is 18.2 Å². The Morgan fingerprint density at radius 2 is 2.31 bits per heavy atom. The van der Waals surface area contributed by atoms with Gasteiger partial charge in [-0.1, -0.05) is 11.6 Å². The van der Waals surface area contributed by atoms with Crippen molar-refractivity contribution in [1.29, 1.82) is 0 Å². The summed E-state index contributed by atoms with van der Waals surface area (Å²) in [6.45, 7) is 0.503. The highest BCUT2D eigenvalue weighted by Crippen LogP contribution is 2.24. The van der Waals surface area contributed by atoms with E-state index in [4.69, 9.17) is 21.4 Å². The Hall–Kier alpha value is -1.26. The van der Waals surface area contributed by atoms with Crippen LogP contribution in [0.5, 0.6) is 5.75 Å². The van der Waals surface area contributed by atoms with Gasteiger partial charge < -0.3 is 15.2 Å². The maximum atomic E-state index is 11.6. The second-order valence-corrected chi connectivity index (χ2v) is 3.59. The summed E-state index contributed by atoms with van der Waals surface area (Å²) < 4.78 is 4.98. The third kappa shape index (κ3) is 3.40. The summed E-state index contributed by atoms with van der Waals surface area (Å²) in [5.41, 5.74) is 0.476. The predicted octanol–water partition coefficient (Wildman–Crippen LogP) is 1.46. The van der Waals surface area contributed by atoms with Crippen molar-refractivity contribution in [3.05, 3.63) is 28.8 Å². The first kappa shape index (κ1) is 12.8. The van der Waals surface area contributed by atoms with Crippen LogP contribution in [0.25, 0.3) is 0 Å². The van der Waals surface area contributed by atoms with E-state index in [1.165, 1.54) is 7.11 Å². The number of methoxy groups -OCH3 is 1. The molecular formula is C11H14ClNO3. The van der Waals surface area contributed by atoms with E-state index >= 15 is 0 Å². The summed E-state index contributed by atoms with van der Waals surface area (Å²) in [6.07, 6.45) is 0.537. The number of nitrogens with one attached hydrogen (secondary N) is 1. The molecule has 1 aromatic carbocycles. The first-order valence-electron chi connectivity index (χ1n) is 4.91. The van der Waals surface area contributed by atoms with Crippen LogP contribution in [-0.4, -0.2) is 31.3 Å². The number of aliphatic hydroxyl groups is 1. The summed E-state index contributed by atoms with van der Waals surface area (Å²) in [7, 11) is 1.52. The largest absolute Gasteiger partial charge is 0.495 e. The molecule has 1 rings (SSSR count). The van der Waals surface area contributed by atoms with Crippen molar-refractivity contribution >= 4 is 17.5 Å². The van der Waals surface area contributed by atoms with E-state index in [9.17, 15) is 4.79 Å². The first-order chi connectivity index (χ1) is 7.69. The van der Waals surface area contributed by atoms with Crippen molar-refractivity contribution in [1.82, 2.24) is 5.32 Å². The third-order valence-electron chi connectivity index (χ3n) is 2.03. The van der Waals surface area contributed by atoms with Crippen molar-refractivity contribution in [3.63, 3.8) is 0 Å². The molecule has 16 heavy (non-hydrogen) atoms. The Morgan fingerprint density at radius 3 is 2.88 bits per heavy atom. The van der Waals surface area contributed by atoms with Gasteiger partial charge in [0.2, 0.25) is 0 Å². The average Bonchev–Trinajstić information content (AvgIpc) is 2.29. The van der Waals surface area contributed by atoms with Gasteiger partial charge >= 0.3 is 0 Å². The molecule has 88 valence electrons. The molecular weight excluding hydrogens is 230 g/mol. The minimum atomic E-state index is -0.210. The van der Waals surface area contributed by atoms with Gasteiger partial charge in [0.1, 0.15) is 5.75 Å². The fraction of sp³-hybridized carbons (Fsp3) is 0.364. The molecule has 0 bridgehead atoms. The van der Waals surface area contributed by atoms with E-state index in [0.29, 0.717) is 29.3 Å². The molecule has 5 heteroatoms. The number of aliphatic hydroxyl groups excluding tert-OH is 1. The standard InChI is InChI=1S/C11H14ClNO3/c1-16-10-4-3-8(7-9(10)12)11(15)13-5-2-6-14/h3-4,7,14H,2,5-6H2,1H3,(H,13,15). The molecule has 0 saturated heterocycles. The van der Waals surface area contributed by atoms with Gasteiger partial charge in [-0.3, -0.25) is 4.79 Å². The lowest BCUT2D eigenvalue weighted by Gasteiger charge is -2.06. The lowest BCUT2D eigenvalue weighted by Crippen LogP contribution is -2.24. The number of benzene rings is 1. The number of amides is 1. The summed E-state index contributed by atoms with van der Waals surface area (Å²) in [5.74, 6) is 0.326. The highest BCUT2D eigenvalue weighted by molar-refractivity contribution is 6.32. The second kappa shape index (κ2) is 6.35. The zero-order valence-corrected chi connectivity index (χ0v) is 9.75. The van der Waals surface area contributed by atoms with Crippen LogP contribution in [0.3, 0.4) is 0 Å². The van der Waals surface area contributed by atoms with E-state index in [0.717, 1.165) is 0 Å². The highest BCUT2D eigenvalue weighted by atomic mass is 35.5. The Bertz CT molecular complexity index is 368. The molecule has 0 heterocycles. The van der Waals surface area contributed by atoms with Crippen molar-refractivity contribution in [2.24, 2.45) is 0 Å². The van der Waals surface area contributed by atoms with Crippen LogP contribution in [0.2, 0.25) is 5.02 Å². The summed E-state index contributed by atoms with van der Waals surface area (Å²) >= 11 is 5.89. The molecule has 0 aliphatic heterocycles. The van der Waals surface area contributed by atoms with Crippen molar-refractivity contribution in [2.75, 3.05) is 20.3 Å². The molecule has 0 aromatic heterocycles. The van der Waals surface area contributed by atoms with Crippen LogP contribution in [0.1, 0.15) is 16.8 Å². The van der Waals surface area contributed by atoms with Crippen LogP contribution in [0, 0.1) is 0 Å². The minimum Gasteiger partial charge on any atom is -0.495 e. The Balaban J connectivity index is 2.66. The molecule has 1 amide bonds. The van der Waals surface area contributed by atoms with Crippen LogP contribution >= 0.6 is 11.6 Å². The smallest absolute Gasteiger partial charge is 0.251 e. The molecule has 0 aliphatic rings. The van der Waals surface area contributed by atoms with Crippen molar-refractivity contribution < 1.29 is 14.6 Å². The van der Waals surface area contributed by atoms with E-state index in [2.05, 4.69) is 5.32 Å². The fourth-order valence-electron chi connectivity index (χ4n) is 1.19. The first-order valence-corrected chi connectivity index (χ1v) is 5.29. The van der Waals surface area contributed by atoms with Gasteiger partial charge in [0.05, 0.1) is 12.1 Å². The molecule has 0 radical (unpaired) electrons. The second-order valence-electron chi connectivity index (χ2n) is 3.18. The number of hydrogen-bond donors (Lipinski definition) is 2. The number of ether oxygens (including phenoxy) is 1. The molecule has 0 atom stereocenters. The molecule has 1 aromatic rings. The van der Waals surface area contributed by atoms with Gasteiger partial charge in [-0.15, -0.1) is 0 Å². The topological polar surface area (TPSA) is 58.6 Å². The van der Waals surface area contributed by atoms with Crippen molar-refractivity contribution in [3.8, 4) is 5.75 Å². The highest BCUT2D eigenvalue weighted by Gasteiger charge is 2.08. The normalized spacial score (nSPS) is 9.94. The van der Waals surface area contributed by atoms with Crippen LogP contribution in [0.4, 0.5) is 0 Å². The molecule has 4 nitrogen and oxygen atoms in total. The SMILES string of the molecule is COc1ccc(C(=O)NCCCO)cc1Cl. The van der Waals surface area contributed by atoms with Gasteiger partial charge in [-0.05, 0) is 24.6 Å². The molecule has 0 aliphatic carbocycles. The number of hydrogen-bond acceptors (Lipinski definition) is 3. The average molecular weight is 244 g/mol. The van der Waals surface area contributed by atoms with Crippen LogP contribution in [-0.2, 0) is 0 Å². The van der Waals surface area contributed by atoms with Gasteiger partial charge in [0.15, 0.2) is 0 Å². The fourth-order valence-corrected chi connectivity index (χ4v) is 1.45. The Kier molecular flexibility index (Phi) is 5.08. The van der Waals surface area contributed by atoms with E-state index in [-0.39, 0.29) is 12.5 Å². The van der Waals surface area contributed by atoms with Gasteiger partial charge in [0.25, 0.3) is 5.91 Å². The van der Waals surface area contributed by atoms with Gasteiger partial charge in [-0.2, -0.15) is 0 Å². The van der Waals surface area contributed by atoms with Gasteiger partial charge in [0, 0.05) is 18.7 Å². The molecule has 2 N–H and O–H groups in total. The van der Waals surface area contributed by atoms with E-state index in [1.807, 2.05) is 0 Å². The van der Waals surface area contributed by atoms with Crippen molar-refractivity contribution in [2.45, 2.75) is 6.42 Å². The number of carbonyl (C=O) groups excluding carboxylic acids is 1. The quantitative estimate of drug-likeness (QED) is 0.770. The van der Waals surface area contributed by atoms with Gasteiger partial charge in [-0.25, -0.2) is 0 Å². The summed E-state index contributed by atoms with van der Waals surface area (Å²) in [5, 5.41) is 11.6. The number of rotatable bonds is 5. The zero-order chi connectivity index (χ0) is 12.0. The monoisotopic (exact) mass is 243 g/mol. The maximum Gasteiger partial charge on any atom is 0.251 e. The molecule has 0 saturated carbocycles. The molecule has 0 unspecified atom stereocenters. The molecule has 0 spiro atoms. The molecule has 0 fully saturated rings. The Morgan fingerprint density at radius 1 is 1.56 bits per heavy atom. The number of halogens is 1. The lowest BCUT2D eigenvalue weighted by molar-refractivity contribution is 0.0951. The third-order valence-corrected chi connectivity index (χ3v) is 2.33. The maximum absolute atomic E-state index is 11.6. The number of carbonyl (C=O) groups is 1. The lowest BCUT2D eigenvalue weighted by atomic mass is 10.2. The Labute approximate surface area is 99.2 Å². The minimum absolute atomic E-state index is 0.0592.